The topological polar surface area (TPSA) is 75.2 Å². The fourth-order valence-corrected chi connectivity index (χ4v) is 3.93. The van der Waals surface area contributed by atoms with Gasteiger partial charge in [-0.2, -0.15) is 0 Å². The number of nitrogens with zero attached hydrogens (tertiary/aromatic N) is 1. The molecule has 7 heteroatoms. The standard InChI is InChI=1S/C23H27FN2O4/c1-4-25(5-2)13-8-14-26-20(16-9-6-7-10-17(16)24)19(22(28)23(26)29)21(27)18-12-11-15(3)30-18/h6-7,9-12,20,28H,4-5,8,13-14H2,1-3H3/p+1. The van der Waals surface area contributed by atoms with Gasteiger partial charge in [0.1, 0.15) is 11.6 Å². The number of rotatable bonds is 9. The van der Waals surface area contributed by atoms with Crippen molar-refractivity contribution in [1.82, 2.24) is 4.90 Å². The van der Waals surface area contributed by atoms with E-state index in [2.05, 4.69) is 13.8 Å². The van der Waals surface area contributed by atoms with Crippen LogP contribution in [0.3, 0.4) is 0 Å². The zero-order chi connectivity index (χ0) is 21.8. The monoisotopic (exact) mass is 415 g/mol. The van der Waals surface area contributed by atoms with Crippen molar-refractivity contribution in [3.63, 3.8) is 0 Å². The molecule has 1 atom stereocenters. The largest absolute Gasteiger partial charge is 0.503 e. The first-order valence-electron chi connectivity index (χ1n) is 10.3. The first-order chi connectivity index (χ1) is 14.4. The second kappa shape index (κ2) is 9.26. The molecule has 1 amide bonds. The summed E-state index contributed by atoms with van der Waals surface area (Å²) in [7, 11) is 0. The van der Waals surface area contributed by atoms with Crippen LogP contribution in [0.1, 0.15) is 48.2 Å². The Morgan fingerprint density at radius 2 is 1.90 bits per heavy atom. The van der Waals surface area contributed by atoms with Gasteiger partial charge >= 0.3 is 0 Å². The number of nitrogens with one attached hydrogen (secondary N) is 1. The Hall–Kier alpha value is -2.93. The first-order valence-corrected chi connectivity index (χ1v) is 10.3. The van der Waals surface area contributed by atoms with E-state index in [4.69, 9.17) is 4.42 Å². The van der Waals surface area contributed by atoms with Gasteiger partial charge in [-0.15, -0.1) is 0 Å². The molecular weight excluding hydrogens is 387 g/mol. The van der Waals surface area contributed by atoms with Crippen LogP contribution in [-0.4, -0.2) is 47.9 Å². The van der Waals surface area contributed by atoms with E-state index in [0.29, 0.717) is 18.7 Å². The smallest absolute Gasteiger partial charge is 0.290 e. The average molecular weight is 415 g/mol. The summed E-state index contributed by atoms with van der Waals surface area (Å²) in [5.41, 5.74) is 0.0337. The summed E-state index contributed by atoms with van der Waals surface area (Å²) in [4.78, 5) is 28.8. The molecule has 1 unspecified atom stereocenters. The highest BCUT2D eigenvalue weighted by molar-refractivity contribution is 6.15. The third kappa shape index (κ3) is 4.16. The number of ketones is 1. The maximum Gasteiger partial charge on any atom is 0.290 e. The molecule has 1 aromatic carbocycles. The predicted octanol–water partition coefficient (Wildman–Crippen LogP) is 2.62. The Morgan fingerprint density at radius 3 is 2.50 bits per heavy atom. The summed E-state index contributed by atoms with van der Waals surface area (Å²) < 4.78 is 20.1. The molecule has 6 nitrogen and oxygen atoms in total. The number of amides is 1. The maximum absolute atomic E-state index is 14.7. The quantitative estimate of drug-likeness (QED) is 0.618. The van der Waals surface area contributed by atoms with Crippen LogP contribution < -0.4 is 4.90 Å². The van der Waals surface area contributed by atoms with Gasteiger partial charge in [-0.25, -0.2) is 4.39 Å². The van der Waals surface area contributed by atoms with Gasteiger partial charge in [0.2, 0.25) is 5.78 Å². The van der Waals surface area contributed by atoms with E-state index in [9.17, 15) is 19.1 Å². The van der Waals surface area contributed by atoms with Crippen molar-refractivity contribution in [3.05, 3.63) is 70.6 Å². The van der Waals surface area contributed by atoms with Crippen molar-refractivity contribution < 1.29 is 28.4 Å². The van der Waals surface area contributed by atoms with E-state index >= 15 is 0 Å². The maximum atomic E-state index is 14.7. The summed E-state index contributed by atoms with van der Waals surface area (Å²) in [5.74, 6) is -1.91. The third-order valence-corrected chi connectivity index (χ3v) is 5.64. The number of carbonyl (C=O) groups is 2. The molecule has 30 heavy (non-hydrogen) atoms. The number of benzene rings is 1. The summed E-state index contributed by atoms with van der Waals surface area (Å²) in [6.45, 7) is 8.95. The number of aryl methyl sites for hydroxylation is 1. The zero-order valence-corrected chi connectivity index (χ0v) is 17.6. The van der Waals surface area contributed by atoms with Crippen LogP contribution in [0, 0.1) is 12.7 Å². The van der Waals surface area contributed by atoms with E-state index < -0.39 is 29.3 Å². The van der Waals surface area contributed by atoms with Crippen LogP contribution >= 0.6 is 0 Å². The molecule has 1 aromatic heterocycles. The van der Waals surface area contributed by atoms with Crippen LogP contribution in [0.25, 0.3) is 0 Å². The number of carbonyl (C=O) groups excluding carboxylic acids is 2. The molecule has 1 aliphatic heterocycles. The molecule has 0 fully saturated rings. The highest BCUT2D eigenvalue weighted by Gasteiger charge is 2.45. The number of furan rings is 1. The molecular formula is C23H28FN2O4+. The van der Waals surface area contributed by atoms with Gasteiger partial charge in [0.05, 0.1) is 31.2 Å². The Balaban J connectivity index is 1.97. The molecule has 3 rings (SSSR count). The molecule has 2 N–H and O–H groups in total. The lowest BCUT2D eigenvalue weighted by Crippen LogP contribution is -3.11. The Labute approximate surface area is 175 Å². The molecule has 0 aliphatic carbocycles. The number of halogens is 1. The van der Waals surface area contributed by atoms with Gasteiger partial charge in [0, 0.05) is 18.5 Å². The highest BCUT2D eigenvalue weighted by Crippen LogP contribution is 2.40. The summed E-state index contributed by atoms with van der Waals surface area (Å²) >= 11 is 0. The van der Waals surface area contributed by atoms with E-state index in [1.165, 1.54) is 28.0 Å². The van der Waals surface area contributed by atoms with Crippen LogP contribution in [-0.2, 0) is 4.79 Å². The van der Waals surface area contributed by atoms with Gasteiger partial charge in [-0.05, 0) is 39.0 Å². The molecule has 0 spiro atoms. The summed E-state index contributed by atoms with van der Waals surface area (Å²) in [5, 5.41) is 10.6. The summed E-state index contributed by atoms with van der Waals surface area (Å²) in [6.07, 6.45) is 0.669. The molecule has 0 radical (unpaired) electrons. The number of aliphatic hydroxyl groups excluding tert-OH is 1. The summed E-state index contributed by atoms with van der Waals surface area (Å²) in [6, 6.07) is 8.14. The minimum Gasteiger partial charge on any atom is -0.503 e. The number of hydrogen-bond acceptors (Lipinski definition) is 4. The third-order valence-electron chi connectivity index (χ3n) is 5.64. The lowest BCUT2D eigenvalue weighted by atomic mass is 9.94. The number of Topliss-reactive ketones (excluding diaryl/α,β-unsaturated/α-hetero) is 1. The highest BCUT2D eigenvalue weighted by atomic mass is 19.1. The molecule has 0 saturated heterocycles. The van der Waals surface area contributed by atoms with Crippen molar-refractivity contribution in [2.24, 2.45) is 0 Å². The van der Waals surface area contributed by atoms with Crippen LogP contribution in [0.4, 0.5) is 4.39 Å². The molecule has 160 valence electrons. The molecule has 2 heterocycles. The normalized spacial score (nSPS) is 16.8. The van der Waals surface area contributed by atoms with Crippen molar-refractivity contribution in [1.29, 1.82) is 0 Å². The predicted molar refractivity (Wildman–Crippen MR) is 110 cm³/mol. The minimum absolute atomic E-state index is 0.0117. The van der Waals surface area contributed by atoms with Crippen molar-refractivity contribution in [3.8, 4) is 0 Å². The number of aliphatic hydroxyl groups is 1. The number of hydrogen-bond donors (Lipinski definition) is 2. The lowest BCUT2D eigenvalue weighted by Gasteiger charge is -2.27. The zero-order valence-electron chi connectivity index (χ0n) is 17.6. The van der Waals surface area contributed by atoms with Crippen LogP contribution in [0.2, 0.25) is 0 Å². The van der Waals surface area contributed by atoms with Crippen molar-refractivity contribution >= 4 is 11.7 Å². The van der Waals surface area contributed by atoms with E-state index in [-0.39, 0.29) is 16.9 Å². The van der Waals surface area contributed by atoms with E-state index in [0.717, 1.165) is 19.6 Å². The number of quaternary nitrogens is 1. The van der Waals surface area contributed by atoms with Crippen molar-refractivity contribution in [2.75, 3.05) is 26.2 Å². The Bertz CT molecular complexity index is 962. The fraction of sp³-hybridized carbons (Fsp3) is 0.391. The van der Waals surface area contributed by atoms with E-state index in [1.807, 2.05) is 0 Å². The second-order valence-corrected chi connectivity index (χ2v) is 7.48. The van der Waals surface area contributed by atoms with Gasteiger partial charge in [0.25, 0.3) is 5.91 Å². The van der Waals surface area contributed by atoms with Crippen molar-refractivity contribution in [2.45, 2.75) is 33.2 Å². The van der Waals surface area contributed by atoms with Gasteiger partial charge in [-0.3, -0.25) is 9.59 Å². The van der Waals surface area contributed by atoms with E-state index in [1.54, 1.807) is 25.1 Å². The lowest BCUT2D eigenvalue weighted by molar-refractivity contribution is -0.896. The average Bonchev–Trinajstić information content (AvgIpc) is 3.28. The second-order valence-electron chi connectivity index (χ2n) is 7.48. The SMILES string of the molecule is CC[NH+](CC)CCCN1C(=O)C(O)=C(C(=O)c2ccc(C)o2)C1c1ccccc1F. The van der Waals surface area contributed by atoms with Gasteiger partial charge < -0.3 is 19.3 Å². The molecule has 2 aromatic rings. The van der Waals surface area contributed by atoms with Crippen LogP contribution in [0.15, 0.2) is 52.1 Å². The first kappa shape index (κ1) is 21.8. The molecule has 0 bridgehead atoms. The van der Waals surface area contributed by atoms with Gasteiger partial charge in [-0.1, -0.05) is 18.2 Å². The minimum atomic E-state index is -0.997. The Morgan fingerprint density at radius 1 is 1.20 bits per heavy atom. The van der Waals surface area contributed by atoms with Gasteiger partial charge in [0.15, 0.2) is 11.5 Å². The Kier molecular flexibility index (Phi) is 6.72. The molecule has 0 saturated carbocycles. The van der Waals surface area contributed by atoms with Crippen LogP contribution in [0.5, 0.6) is 0 Å². The fourth-order valence-electron chi connectivity index (χ4n) is 3.93. The molecule has 1 aliphatic rings.